The molecule has 0 aromatic heterocycles. The molecular formula is C19H23N3O5S. The lowest BCUT2D eigenvalue weighted by molar-refractivity contribution is -0.126. The van der Waals surface area contributed by atoms with Gasteiger partial charge >= 0.3 is 0 Å². The Hall–Kier alpha value is -2.23. The summed E-state index contributed by atoms with van der Waals surface area (Å²) >= 11 is 0. The largest absolute Gasteiger partial charge is 0.379 e. The van der Waals surface area contributed by atoms with E-state index in [1.54, 1.807) is 0 Å². The molecule has 1 saturated heterocycles. The Balaban J connectivity index is 1.40. The van der Waals surface area contributed by atoms with Crippen LogP contribution >= 0.6 is 0 Å². The zero-order chi connectivity index (χ0) is 19.7. The highest BCUT2D eigenvalue weighted by molar-refractivity contribution is 7.89. The number of hydrazine groups is 1. The molecule has 2 bridgehead atoms. The molecule has 28 heavy (non-hydrogen) atoms. The molecule has 9 heteroatoms. The summed E-state index contributed by atoms with van der Waals surface area (Å²) < 4.78 is 32.0. The van der Waals surface area contributed by atoms with Gasteiger partial charge in [0.25, 0.3) is 5.91 Å². The number of benzene rings is 1. The molecule has 1 aliphatic heterocycles. The van der Waals surface area contributed by atoms with E-state index in [1.807, 2.05) is 0 Å². The summed E-state index contributed by atoms with van der Waals surface area (Å²) in [6, 6.07) is 5.82. The molecule has 2 fully saturated rings. The van der Waals surface area contributed by atoms with Crippen molar-refractivity contribution in [2.75, 3.05) is 26.3 Å². The Morgan fingerprint density at radius 1 is 1.07 bits per heavy atom. The fourth-order valence-corrected chi connectivity index (χ4v) is 5.55. The Morgan fingerprint density at radius 3 is 2.54 bits per heavy atom. The van der Waals surface area contributed by atoms with Crippen LogP contribution < -0.4 is 10.9 Å². The van der Waals surface area contributed by atoms with Crippen LogP contribution in [-0.4, -0.2) is 50.8 Å². The van der Waals surface area contributed by atoms with E-state index in [4.69, 9.17) is 4.74 Å². The van der Waals surface area contributed by atoms with E-state index < -0.39 is 15.9 Å². The third-order valence-corrected chi connectivity index (χ3v) is 7.51. The molecule has 2 aliphatic carbocycles. The maximum atomic E-state index is 12.7. The third kappa shape index (κ3) is 3.69. The number of carbonyl (C=O) groups is 2. The van der Waals surface area contributed by atoms with Crippen molar-refractivity contribution in [1.82, 2.24) is 15.2 Å². The van der Waals surface area contributed by atoms with Gasteiger partial charge in [0.2, 0.25) is 15.9 Å². The lowest BCUT2D eigenvalue weighted by Gasteiger charge is -2.26. The monoisotopic (exact) mass is 405 g/mol. The highest BCUT2D eigenvalue weighted by Gasteiger charge is 2.39. The number of morpholine rings is 1. The van der Waals surface area contributed by atoms with E-state index in [1.165, 1.54) is 28.6 Å². The van der Waals surface area contributed by atoms with E-state index in [9.17, 15) is 18.0 Å². The number of sulfonamides is 1. The minimum Gasteiger partial charge on any atom is -0.379 e. The van der Waals surface area contributed by atoms with Crippen LogP contribution in [0, 0.1) is 17.8 Å². The smallest absolute Gasteiger partial charge is 0.269 e. The van der Waals surface area contributed by atoms with Gasteiger partial charge in [-0.05, 0) is 42.9 Å². The highest BCUT2D eigenvalue weighted by Crippen LogP contribution is 2.43. The van der Waals surface area contributed by atoms with Gasteiger partial charge in [-0.25, -0.2) is 8.42 Å². The maximum absolute atomic E-state index is 12.7. The van der Waals surface area contributed by atoms with Crippen LogP contribution in [0.1, 0.15) is 23.2 Å². The first-order chi connectivity index (χ1) is 13.4. The van der Waals surface area contributed by atoms with Crippen molar-refractivity contribution in [3.05, 3.63) is 42.0 Å². The van der Waals surface area contributed by atoms with Gasteiger partial charge in [0.05, 0.1) is 18.1 Å². The quantitative estimate of drug-likeness (QED) is 0.566. The number of amides is 2. The molecule has 8 nitrogen and oxygen atoms in total. The minimum absolute atomic E-state index is 0.0478. The minimum atomic E-state index is -3.69. The van der Waals surface area contributed by atoms with Crippen molar-refractivity contribution >= 4 is 21.8 Å². The van der Waals surface area contributed by atoms with Crippen LogP contribution in [0.2, 0.25) is 0 Å². The van der Waals surface area contributed by atoms with Gasteiger partial charge in [-0.2, -0.15) is 4.31 Å². The van der Waals surface area contributed by atoms with Crippen molar-refractivity contribution in [2.45, 2.75) is 17.7 Å². The Morgan fingerprint density at radius 2 is 1.86 bits per heavy atom. The van der Waals surface area contributed by atoms with Crippen LogP contribution in [0.25, 0.3) is 0 Å². The molecule has 1 aromatic carbocycles. The molecule has 0 spiro atoms. The number of hydrogen-bond donors (Lipinski definition) is 2. The van der Waals surface area contributed by atoms with Crippen molar-refractivity contribution in [1.29, 1.82) is 0 Å². The zero-order valence-corrected chi connectivity index (χ0v) is 16.2. The lowest BCUT2D eigenvalue weighted by atomic mass is 9.93. The fourth-order valence-electron chi connectivity index (χ4n) is 4.10. The first-order valence-corrected chi connectivity index (χ1v) is 10.9. The topological polar surface area (TPSA) is 105 Å². The first kappa shape index (κ1) is 19.1. The second kappa shape index (κ2) is 7.65. The molecule has 2 N–H and O–H groups in total. The molecule has 1 saturated carbocycles. The number of fused-ring (bicyclic) bond motifs is 2. The lowest BCUT2D eigenvalue weighted by Crippen LogP contribution is -2.45. The molecule has 1 heterocycles. The summed E-state index contributed by atoms with van der Waals surface area (Å²) in [6.07, 6.45) is 6.01. The number of nitrogens with zero attached hydrogens (tertiary/aromatic N) is 1. The average Bonchev–Trinajstić information content (AvgIpc) is 3.36. The number of ether oxygens (including phenoxy) is 1. The molecule has 0 radical (unpaired) electrons. The number of hydrogen-bond acceptors (Lipinski definition) is 5. The Bertz CT molecular complexity index is 908. The third-order valence-electron chi connectivity index (χ3n) is 5.62. The Labute approximate surface area is 163 Å². The van der Waals surface area contributed by atoms with Crippen LogP contribution in [-0.2, 0) is 19.6 Å². The molecule has 1 aromatic rings. The summed E-state index contributed by atoms with van der Waals surface area (Å²) in [6.45, 7) is 1.27. The number of nitrogens with one attached hydrogen (secondary N) is 2. The van der Waals surface area contributed by atoms with Gasteiger partial charge in [-0.15, -0.1) is 0 Å². The summed E-state index contributed by atoms with van der Waals surface area (Å²) in [5, 5.41) is 0. The van der Waals surface area contributed by atoms with Gasteiger partial charge in [0.15, 0.2) is 0 Å². The highest BCUT2D eigenvalue weighted by atomic mass is 32.2. The predicted octanol–water partition coefficient (Wildman–Crippen LogP) is 0.681. The van der Waals surface area contributed by atoms with Gasteiger partial charge in [-0.1, -0.05) is 18.2 Å². The molecule has 3 atom stereocenters. The number of rotatable bonds is 4. The standard InChI is InChI=1S/C19H23N3O5S/c23-18(20-21-19(24)17-11-13-4-5-14(17)10-13)15-2-1-3-16(12-15)28(25,26)22-6-8-27-9-7-22/h1-5,12-14,17H,6-11H2,(H,20,23)(H,21,24)/t13-,14-,17+/m0/s1. The molecular weight excluding hydrogens is 382 g/mol. The van der Waals surface area contributed by atoms with Crippen molar-refractivity contribution in [2.24, 2.45) is 17.8 Å². The molecule has 2 amide bonds. The van der Waals surface area contributed by atoms with Crippen molar-refractivity contribution in [3.8, 4) is 0 Å². The maximum Gasteiger partial charge on any atom is 0.269 e. The number of allylic oxidation sites excluding steroid dienone is 2. The van der Waals surface area contributed by atoms with Crippen molar-refractivity contribution in [3.63, 3.8) is 0 Å². The van der Waals surface area contributed by atoms with Gasteiger partial charge in [0, 0.05) is 24.6 Å². The Kier molecular flexibility index (Phi) is 5.22. The second-order valence-corrected chi connectivity index (χ2v) is 9.31. The van der Waals surface area contributed by atoms with E-state index >= 15 is 0 Å². The molecule has 150 valence electrons. The van der Waals surface area contributed by atoms with E-state index in [-0.39, 0.29) is 41.3 Å². The van der Waals surface area contributed by atoms with Crippen LogP contribution in [0.15, 0.2) is 41.3 Å². The second-order valence-electron chi connectivity index (χ2n) is 7.37. The zero-order valence-electron chi connectivity index (χ0n) is 15.3. The van der Waals surface area contributed by atoms with Crippen LogP contribution in [0.5, 0.6) is 0 Å². The summed E-state index contributed by atoms with van der Waals surface area (Å²) in [5.74, 6) is -0.181. The molecule has 4 rings (SSSR count). The molecule has 3 aliphatic rings. The van der Waals surface area contributed by atoms with Gasteiger partial charge in [-0.3, -0.25) is 20.4 Å². The number of carbonyl (C=O) groups excluding carboxylic acids is 2. The first-order valence-electron chi connectivity index (χ1n) is 9.41. The summed E-state index contributed by atoms with van der Waals surface area (Å²) in [7, 11) is -3.69. The predicted molar refractivity (Wildman–Crippen MR) is 100 cm³/mol. The van der Waals surface area contributed by atoms with Crippen molar-refractivity contribution < 1.29 is 22.7 Å². The van der Waals surface area contributed by atoms with Crippen LogP contribution in [0.4, 0.5) is 0 Å². The van der Waals surface area contributed by atoms with E-state index in [0.717, 1.165) is 12.8 Å². The van der Waals surface area contributed by atoms with Gasteiger partial charge < -0.3 is 4.74 Å². The molecule has 0 unspecified atom stereocenters. The van der Waals surface area contributed by atoms with Gasteiger partial charge in [0.1, 0.15) is 0 Å². The van der Waals surface area contributed by atoms with Crippen LogP contribution in [0.3, 0.4) is 0 Å². The normalized spacial score (nSPS) is 26.9. The summed E-state index contributed by atoms with van der Waals surface area (Å²) in [4.78, 5) is 24.8. The fraction of sp³-hybridized carbons (Fsp3) is 0.474. The van der Waals surface area contributed by atoms with E-state index in [2.05, 4.69) is 23.0 Å². The average molecular weight is 405 g/mol. The summed E-state index contributed by atoms with van der Waals surface area (Å²) in [5.41, 5.74) is 5.05. The van der Waals surface area contributed by atoms with E-state index in [0.29, 0.717) is 19.1 Å². The SMILES string of the molecule is O=C(NNC(=O)[C@@H]1C[C@H]2C=C[C@H]1C2)c1cccc(S(=O)(=O)N2CCOCC2)c1.